The number of hydrogen-bond donors (Lipinski definition) is 0. The summed E-state index contributed by atoms with van der Waals surface area (Å²) in [5.74, 6) is -0.355. The van der Waals surface area contributed by atoms with Crippen LogP contribution in [0.2, 0.25) is 18.1 Å². The highest BCUT2D eigenvalue weighted by molar-refractivity contribution is 6.74. The second-order valence-corrected chi connectivity index (χ2v) is 13.6. The zero-order chi connectivity index (χ0) is 20.9. The summed E-state index contributed by atoms with van der Waals surface area (Å²) in [7, 11) is -1.97. The molecule has 1 amide bonds. The van der Waals surface area contributed by atoms with E-state index in [0.29, 0.717) is 13.0 Å². The minimum atomic E-state index is -1.97. The maximum Gasteiger partial charge on any atom is 0.410 e. The molecule has 156 valence electrons. The second-order valence-electron chi connectivity index (χ2n) is 8.88. The van der Waals surface area contributed by atoms with Crippen LogP contribution in [-0.2, 0) is 25.3 Å². The third kappa shape index (κ3) is 6.07. The maximum atomic E-state index is 12.7. The van der Waals surface area contributed by atoms with Gasteiger partial charge in [-0.3, -0.25) is 9.69 Å². The minimum Gasteiger partial charge on any atom is -0.464 e. The number of likely N-dealkylation sites (tertiary alicyclic amines) is 1. The average molecular weight is 408 g/mol. The first-order valence-corrected chi connectivity index (χ1v) is 12.7. The van der Waals surface area contributed by atoms with Gasteiger partial charge in [0.15, 0.2) is 8.32 Å². The Morgan fingerprint density at radius 1 is 1.14 bits per heavy atom. The Kier molecular flexibility index (Phi) is 7.28. The van der Waals surface area contributed by atoms with Gasteiger partial charge in [-0.25, -0.2) is 4.79 Å². The monoisotopic (exact) mass is 407 g/mol. The number of rotatable bonds is 6. The van der Waals surface area contributed by atoms with Gasteiger partial charge in [0, 0.05) is 13.5 Å². The molecule has 1 aliphatic rings. The van der Waals surface area contributed by atoms with Crippen molar-refractivity contribution in [3.05, 3.63) is 35.9 Å². The number of carbonyl (C=O) groups is 2. The molecule has 0 spiro atoms. The molecule has 1 aromatic rings. The molecular formula is C21H33NO5Si. The van der Waals surface area contributed by atoms with Crippen LogP contribution >= 0.6 is 0 Å². The molecule has 2 atom stereocenters. The van der Waals surface area contributed by atoms with Crippen molar-refractivity contribution < 1.29 is 23.5 Å². The van der Waals surface area contributed by atoms with E-state index in [0.717, 1.165) is 5.56 Å². The molecule has 1 saturated heterocycles. The molecule has 0 unspecified atom stereocenters. The van der Waals surface area contributed by atoms with Gasteiger partial charge < -0.3 is 13.9 Å². The zero-order valence-corrected chi connectivity index (χ0v) is 18.9. The Hall–Kier alpha value is -1.86. The first kappa shape index (κ1) is 22.4. The van der Waals surface area contributed by atoms with E-state index in [4.69, 9.17) is 13.9 Å². The van der Waals surface area contributed by atoms with E-state index in [2.05, 4.69) is 33.9 Å². The largest absolute Gasteiger partial charge is 0.464 e. The summed E-state index contributed by atoms with van der Waals surface area (Å²) in [5, 5.41) is 0.0830. The van der Waals surface area contributed by atoms with Gasteiger partial charge in [-0.1, -0.05) is 51.1 Å². The Morgan fingerprint density at radius 2 is 1.79 bits per heavy atom. The van der Waals surface area contributed by atoms with E-state index in [9.17, 15) is 9.59 Å². The molecule has 2 rings (SSSR count). The molecule has 1 heterocycles. The first-order valence-electron chi connectivity index (χ1n) is 9.78. The number of hydrogen-bond acceptors (Lipinski definition) is 5. The summed E-state index contributed by atoms with van der Waals surface area (Å²) in [6, 6.07) is 9.33. The van der Waals surface area contributed by atoms with Crippen molar-refractivity contribution in [1.29, 1.82) is 0 Å². The third-order valence-electron chi connectivity index (χ3n) is 5.56. The predicted molar refractivity (Wildman–Crippen MR) is 110 cm³/mol. The highest BCUT2D eigenvalue weighted by atomic mass is 28.4. The van der Waals surface area contributed by atoms with Crippen molar-refractivity contribution in [1.82, 2.24) is 4.90 Å². The van der Waals surface area contributed by atoms with Gasteiger partial charge in [-0.05, 0) is 30.1 Å². The highest BCUT2D eigenvalue weighted by Gasteiger charge is 2.44. The van der Waals surface area contributed by atoms with Gasteiger partial charge in [0.05, 0.1) is 12.1 Å². The SMILES string of the molecule is CC(=O)OC[C@@H]1C[C@@H](O[Si](C)(C)C(C)(C)C)CN1C(=O)OCc1ccccc1. The maximum absolute atomic E-state index is 12.7. The summed E-state index contributed by atoms with van der Waals surface area (Å²) < 4.78 is 17.2. The molecule has 0 radical (unpaired) electrons. The smallest absolute Gasteiger partial charge is 0.410 e. The van der Waals surface area contributed by atoms with E-state index in [1.807, 2.05) is 30.3 Å². The Balaban J connectivity index is 2.03. The molecule has 1 fully saturated rings. The van der Waals surface area contributed by atoms with Gasteiger partial charge in [0.2, 0.25) is 0 Å². The predicted octanol–water partition coefficient (Wildman–Crippen LogP) is 4.35. The lowest BCUT2D eigenvalue weighted by Gasteiger charge is -2.38. The molecule has 1 aromatic carbocycles. The minimum absolute atomic E-state index is 0.0780. The molecule has 0 bridgehead atoms. The van der Waals surface area contributed by atoms with Crippen LogP contribution in [0.4, 0.5) is 4.79 Å². The van der Waals surface area contributed by atoms with Crippen LogP contribution in [0.3, 0.4) is 0 Å². The van der Waals surface area contributed by atoms with Crippen molar-refractivity contribution in [2.45, 2.75) is 71.0 Å². The van der Waals surface area contributed by atoms with Crippen molar-refractivity contribution in [3.63, 3.8) is 0 Å². The molecule has 0 N–H and O–H groups in total. The standard InChI is InChI=1S/C21H33NO5Si/c1-16(23)25-15-18-12-19(27-28(5,6)21(2,3)4)13-22(18)20(24)26-14-17-10-8-7-9-11-17/h7-11,18-19H,12-15H2,1-6H3/t18-,19+/m0/s1. The van der Waals surface area contributed by atoms with E-state index < -0.39 is 14.4 Å². The quantitative estimate of drug-likeness (QED) is 0.518. The van der Waals surface area contributed by atoms with Crippen LogP contribution in [0.15, 0.2) is 30.3 Å². The number of amides is 1. The Labute approximate surface area is 169 Å². The lowest BCUT2D eigenvalue weighted by Crippen LogP contribution is -2.45. The fourth-order valence-corrected chi connectivity index (χ4v) is 4.31. The molecule has 28 heavy (non-hydrogen) atoms. The van der Waals surface area contributed by atoms with Gasteiger partial charge in [0.25, 0.3) is 0 Å². The van der Waals surface area contributed by atoms with Gasteiger partial charge >= 0.3 is 12.1 Å². The summed E-state index contributed by atoms with van der Waals surface area (Å²) in [6.45, 7) is 13.2. The van der Waals surface area contributed by atoms with Crippen molar-refractivity contribution in [2.24, 2.45) is 0 Å². The van der Waals surface area contributed by atoms with Crippen LogP contribution in [0.25, 0.3) is 0 Å². The molecule has 0 aromatic heterocycles. The zero-order valence-electron chi connectivity index (χ0n) is 17.9. The van der Waals surface area contributed by atoms with Crippen LogP contribution < -0.4 is 0 Å². The summed E-state index contributed by atoms with van der Waals surface area (Å²) in [6.07, 6.45) is 0.160. The van der Waals surface area contributed by atoms with Gasteiger partial charge in [-0.15, -0.1) is 0 Å². The normalized spacial score (nSPS) is 20.1. The third-order valence-corrected chi connectivity index (χ3v) is 10.1. The van der Waals surface area contributed by atoms with Crippen molar-refractivity contribution >= 4 is 20.4 Å². The fraction of sp³-hybridized carbons (Fsp3) is 0.619. The van der Waals surface area contributed by atoms with Crippen LogP contribution in [-0.4, -0.2) is 50.6 Å². The number of nitrogens with zero attached hydrogens (tertiary/aromatic N) is 1. The number of esters is 1. The van der Waals surface area contributed by atoms with Crippen LogP contribution in [0.1, 0.15) is 39.7 Å². The first-order chi connectivity index (χ1) is 13.0. The van der Waals surface area contributed by atoms with Crippen LogP contribution in [0.5, 0.6) is 0 Å². The lowest BCUT2D eigenvalue weighted by molar-refractivity contribution is -0.142. The fourth-order valence-electron chi connectivity index (χ4n) is 2.95. The number of benzene rings is 1. The number of ether oxygens (including phenoxy) is 2. The number of carbonyl (C=O) groups excluding carboxylic acids is 2. The topological polar surface area (TPSA) is 65.1 Å². The lowest BCUT2D eigenvalue weighted by atomic mass is 10.2. The molecule has 0 aliphatic carbocycles. The van der Waals surface area contributed by atoms with Crippen LogP contribution in [0, 0.1) is 0 Å². The molecular weight excluding hydrogens is 374 g/mol. The molecule has 0 saturated carbocycles. The van der Waals surface area contributed by atoms with Crippen molar-refractivity contribution in [3.8, 4) is 0 Å². The summed E-state index contributed by atoms with van der Waals surface area (Å²) in [5.41, 5.74) is 0.931. The molecule has 1 aliphatic heterocycles. The average Bonchev–Trinajstić information content (AvgIpc) is 3.00. The van der Waals surface area contributed by atoms with Gasteiger partial charge in [-0.2, -0.15) is 0 Å². The molecule has 6 nitrogen and oxygen atoms in total. The summed E-state index contributed by atoms with van der Waals surface area (Å²) >= 11 is 0. The van der Waals surface area contributed by atoms with E-state index in [-0.39, 0.29) is 36.4 Å². The highest BCUT2D eigenvalue weighted by Crippen LogP contribution is 2.39. The van der Waals surface area contributed by atoms with E-state index in [1.54, 1.807) is 4.90 Å². The Bertz CT molecular complexity index is 671. The van der Waals surface area contributed by atoms with Crippen molar-refractivity contribution in [2.75, 3.05) is 13.2 Å². The molecule has 7 heteroatoms. The summed E-state index contributed by atoms with van der Waals surface area (Å²) in [4.78, 5) is 25.6. The van der Waals surface area contributed by atoms with Gasteiger partial charge in [0.1, 0.15) is 13.2 Å². The van der Waals surface area contributed by atoms with E-state index in [1.165, 1.54) is 6.92 Å². The Morgan fingerprint density at radius 3 is 2.36 bits per heavy atom. The second kappa shape index (κ2) is 9.09. The van der Waals surface area contributed by atoms with E-state index >= 15 is 0 Å².